The molecule has 0 unspecified atom stereocenters. The van der Waals surface area contributed by atoms with Crippen LogP contribution in [0.4, 0.5) is 0 Å². The first kappa shape index (κ1) is 9.47. The molecule has 0 saturated heterocycles. The summed E-state index contributed by atoms with van der Waals surface area (Å²) in [6.07, 6.45) is 2.77. The van der Waals surface area contributed by atoms with Gasteiger partial charge in [-0.15, -0.1) is 0 Å². The maximum Gasteiger partial charge on any atom is 0.240 e. The van der Waals surface area contributed by atoms with Crippen LogP contribution in [0.3, 0.4) is 0 Å². The highest BCUT2D eigenvalue weighted by atomic mass is 16.3. The van der Waals surface area contributed by atoms with Crippen molar-refractivity contribution in [3.05, 3.63) is 0 Å². The van der Waals surface area contributed by atoms with Crippen molar-refractivity contribution in [2.45, 2.75) is 31.8 Å². The number of hydrogen-bond acceptors (Lipinski definition) is 3. The van der Waals surface area contributed by atoms with Crippen LogP contribution in [-0.2, 0) is 4.79 Å². The average molecular weight is 194 g/mol. The maximum atomic E-state index is 11.5. The number of aliphatic hydroxyl groups excluding tert-OH is 1. The van der Waals surface area contributed by atoms with E-state index in [-0.39, 0.29) is 12.0 Å². The molecule has 0 aliphatic heterocycles. The third-order valence-electron chi connectivity index (χ3n) is 3.16. The number of nitriles is 1. The Morgan fingerprint density at radius 2 is 2.21 bits per heavy atom. The van der Waals surface area contributed by atoms with Gasteiger partial charge in [-0.2, -0.15) is 5.26 Å². The topological polar surface area (TPSA) is 73.1 Å². The summed E-state index contributed by atoms with van der Waals surface area (Å²) in [6.45, 7) is 0.610. The lowest BCUT2D eigenvalue weighted by Crippen LogP contribution is -2.40. The van der Waals surface area contributed by atoms with E-state index in [1.54, 1.807) is 0 Å². The van der Waals surface area contributed by atoms with Gasteiger partial charge in [0.2, 0.25) is 5.91 Å². The van der Waals surface area contributed by atoms with E-state index in [0.29, 0.717) is 25.3 Å². The Morgan fingerprint density at radius 3 is 2.64 bits per heavy atom. The lowest BCUT2D eigenvalue weighted by molar-refractivity contribution is -0.125. The van der Waals surface area contributed by atoms with E-state index in [9.17, 15) is 4.79 Å². The standard InChI is InChI=1S/C10H14N2O2/c11-6-10(1-2-10)9(14)12-5-7-3-8(13)4-7/h7-8,13H,1-5H2,(H,12,14). The number of amides is 1. The van der Waals surface area contributed by atoms with E-state index in [1.807, 2.05) is 0 Å². The average Bonchev–Trinajstić information content (AvgIpc) is 2.90. The molecule has 4 heteroatoms. The Balaban J connectivity index is 1.72. The predicted octanol–water partition coefficient (Wildman–Crippen LogP) is 0.177. The minimum atomic E-state index is -0.706. The fraction of sp³-hybridized carbons (Fsp3) is 0.800. The number of aliphatic hydroxyl groups is 1. The molecule has 2 saturated carbocycles. The molecule has 4 nitrogen and oxygen atoms in total. The molecular formula is C10H14N2O2. The van der Waals surface area contributed by atoms with Gasteiger partial charge in [0.1, 0.15) is 5.41 Å². The summed E-state index contributed by atoms with van der Waals surface area (Å²) in [4.78, 5) is 11.5. The molecule has 2 aliphatic rings. The van der Waals surface area contributed by atoms with Crippen LogP contribution < -0.4 is 5.32 Å². The van der Waals surface area contributed by atoms with E-state index in [0.717, 1.165) is 12.8 Å². The van der Waals surface area contributed by atoms with Gasteiger partial charge in [-0.1, -0.05) is 0 Å². The zero-order valence-electron chi connectivity index (χ0n) is 7.99. The maximum absolute atomic E-state index is 11.5. The van der Waals surface area contributed by atoms with Gasteiger partial charge in [0, 0.05) is 6.54 Å². The van der Waals surface area contributed by atoms with E-state index in [2.05, 4.69) is 11.4 Å². The Labute approximate surface area is 82.9 Å². The van der Waals surface area contributed by atoms with Gasteiger partial charge >= 0.3 is 0 Å². The quantitative estimate of drug-likeness (QED) is 0.673. The third kappa shape index (κ3) is 1.60. The molecule has 1 amide bonds. The fourth-order valence-corrected chi connectivity index (χ4v) is 1.79. The molecule has 14 heavy (non-hydrogen) atoms. The Kier molecular flexibility index (Phi) is 2.20. The molecular weight excluding hydrogens is 180 g/mol. The minimum Gasteiger partial charge on any atom is -0.393 e. The molecule has 0 radical (unpaired) electrons. The molecule has 76 valence electrons. The lowest BCUT2D eigenvalue weighted by Gasteiger charge is -2.31. The van der Waals surface area contributed by atoms with Crippen molar-refractivity contribution in [1.82, 2.24) is 5.32 Å². The van der Waals surface area contributed by atoms with Gasteiger partial charge in [-0.05, 0) is 31.6 Å². The molecule has 2 N–H and O–H groups in total. The van der Waals surface area contributed by atoms with Crippen molar-refractivity contribution < 1.29 is 9.90 Å². The van der Waals surface area contributed by atoms with Crippen LogP contribution in [0.15, 0.2) is 0 Å². The molecule has 0 aromatic carbocycles. The molecule has 0 bridgehead atoms. The predicted molar refractivity (Wildman–Crippen MR) is 49.0 cm³/mol. The zero-order chi connectivity index (χ0) is 10.2. The highest BCUT2D eigenvalue weighted by Crippen LogP contribution is 2.45. The molecule has 0 atom stereocenters. The number of carbonyl (C=O) groups is 1. The number of hydrogen-bond donors (Lipinski definition) is 2. The molecule has 2 rings (SSSR count). The highest BCUT2D eigenvalue weighted by Gasteiger charge is 2.50. The normalized spacial score (nSPS) is 32.6. The summed E-state index contributed by atoms with van der Waals surface area (Å²) in [6, 6.07) is 2.06. The Bertz CT molecular complexity index is 285. The Hall–Kier alpha value is -1.08. The van der Waals surface area contributed by atoms with Gasteiger partial charge < -0.3 is 10.4 Å². The van der Waals surface area contributed by atoms with E-state index in [4.69, 9.17) is 10.4 Å². The molecule has 2 aliphatic carbocycles. The van der Waals surface area contributed by atoms with Gasteiger partial charge in [0.25, 0.3) is 0 Å². The molecule has 0 aromatic rings. The van der Waals surface area contributed by atoms with Crippen LogP contribution in [0.1, 0.15) is 25.7 Å². The SMILES string of the molecule is N#CC1(C(=O)NCC2CC(O)C2)CC1. The van der Waals surface area contributed by atoms with E-state index >= 15 is 0 Å². The molecule has 0 heterocycles. The Morgan fingerprint density at radius 1 is 1.57 bits per heavy atom. The summed E-state index contributed by atoms with van der Waals surface area (Å²) < 4.78 is 0. The highest BCUT2D eigenvalue weighted by molar-refractivity contribution is 5.88. The zero-order valence-corrected chi connectivity index (χ0v) is 7.99. The van der Waals surface area contributed by atoms with Crippen LogP contribution in [0.25, 0.3) is 0 Å². The van der Waals surface area contributed by atoms with Gasteiger partial charge in [0.05, 0.1) is 12.2 Å². The minimum absolute atomic E-state index is 0.124. The first-order chi connectivity index (χ1) is 6.66. The number of nitrogens with zero attached hydrogens (tertiary/aromatic N) is 1. The number of nitrogens with one attached hydrogen (secondary N) is 1. The third-order valence-corrected chi connectivity index (χ3v) is 3.16. The second kappa shape index (κ2) is 3.25. The molecule has 2 fully saturated rings. The first-order valence-corrected chi connectivity index (χ1v) is 5.04. The second-order valence-electron chi connectivity index (χ2n) is 4.40. The molecule has 0 aromatic heterocycles. The van der Waals surface area contributed by atoms with Gasteiger partial charge in [-0.3, -0.25) is 4.79 Å². The van der Waals surface area contributed by atoms with Gasteiger partial charge in [-0.25, -0.2) is 0 Å². The van der Waals surface area contributed by atoms with Crippen LogP contribution >= 0.6 is 0 Å². The summed E-state index contributed by atoms with van der Waals surface area (Å²) >= 11 is 0. The number of rotatable bonds is 3. The van der Waals surface area contributed by atoms with Crippen LogP contribution in [0.2, 0.25) is 0 Å². The summed E-state index contributed by atoms with van der Waals surface area (Å²) in [7, 11) is 0. The number of carbonyl (C=O) groups excluding carboxylic acids is 1. The van der Waals surface area contributed by atoms with E-state index in [1.165, 1.54) is 0 Å². The largest absolute Gasteiger partial charge is 0.393 e. The van der Waals surface area contributed by atoms with Crippen molar-refractivity contribution in [1.29, 1.82) is 5.26 Å². The van der Waals surface area contributed by atoms with Crippen molar-refractivity contribution >= 4 is 5.91 Å². The first-order valence-electron chi connectivity index (χ1n) is 5.04. The van der Waals surface area contributed by atoms with Crippen molar-refractivity contribution in [2.75, 3.05) is 6.54 Å². The molecule has 0 spiro atoms. The monoisotopic (exact) mass is 194 g/mol. The van der Waals surface area contributed by atoms with Crippen LogP contribution in [0.5, 0.6) is 0 Å². The van der Waals surface area contributed by atoms with Crippen molar-refractivity contribution in [2.24, 2.45) is 11.3 Å². The summed E-state index contributed by atoms with van der Waals surface area (Å²) in [5.41, 5.74) is -0.706. The van der Waals surface area contributed by atoms with Crippen molar-refractivity contribution in [3.63, 3.8) is 0 Å². The van der Waals surface area contributed by atoms with Gasteiger partial charge in [0.15, 0.2) is 0 Å². The van der Waals surface area contributed by atoms with Crippen LogP contribution in [-0.4, -0.2) is 23.7 Å². The summed E-state index contributed by atoms with van der Waals surface area (Å²) in [5.74, 6) is 0.282. The van der Waals surface area contributed by atoms with Crippen LogP contribution in [0, 0.1) is 22.7 Å². The van der Waals surface area contributed by atoms with E-state index < -0.39 is 5.41 Å². The second-order valence-corrected chi connectivity index (χ2v) is 4.40. The van der Waals surface area contributed by atoms with Crippen molar-refractivity contribution in [3.8, 4) is 6.07 Å². The summed E-state index contributed by atoms with van der Waals surface area (Å²) in [5, 5.41) is 20.6. The smallest absolute Gasteiger partial charge is 0.240 e. The lowest BCUT2D eigenvalue weighted by atomic mass is 9.82. The fourth-order valence-electron chi connectivity index (χ4n) is 1.79.